The quantitative estimate of drug-likeness (QED) is 0.350. The highest BCUT2D eigenvalue weighted by Crippen LogP contribution is 2.34. The lowest BCUT2D eigenvalue weighted by Crippen LogP contribution is -2.54. The Balaban J connectivity index is 1.50. The van der Waals surface area contributed by atoms with Gasteiger partial charge in [0.05, 0.1) is 20.3 Å². The van der Waals surface area contributed by atoms with E-state index in [-0.39, 0.29) is 12.0 Å². The van der Waals surface area contributed by atoms with Gasteiger partial charge in [-0.2, -0.15) is 0 Å². The van der Waals surface area contributed by atoms with Gasteiger partial charge in [-0.05, 0) is 19.1 Å². The molecular weight excluding hydrogens is 398 g/mol. The summed E-state index contributed by atoms with van der Waals surface area (Å²) in [5.74, 6) is 2.69. The van der Waals surface area contributed by atoms with E-state index >= 15 is 0 Å². The van der Waals surface area contributed by atoms with Crippen molar-refractivity contribution in [1.29, 1.82) is 0 Å². The first-order chi connectivity index (χ1) is 15.0. The molecule has 1 atom stereocenters. The number of guanidine groups is 1. The van der Waals surface area contributed by atoms with Crippen LogP contribution in [0.4, 0.5) is 0 Å². The van der Waals surface area contributed by atoms with Crippen LogP contribution in [-0.2, 0) is 22.5 Å². The molecule has 1 saturated heterocycles. The Hall–Kier alpha value is -2.52. The van der Waals surface area contributed by atoms with Crippen LogP contribution in [-0.4, -0.2) is 94.9 Å². The molecule has 172 valence electrons. The highest BCUT2D eigenvalue weighted by atomic mass is 16.5. The lowest BCUT2D eigenvalue weighted by Gasteiger charge is -2.36. The average molecular weight is 434 g/mol. The van der Waals surface area contributed by atoms with Crippen LogP contribution in [0.3, 0.4) is 0 Å². The van der Waals surface area contributed by atoms with E-state index in [4.69, 9.17) is 14.2 Å². The van der Waals surface area contributed by atoms with Crippen LogP contribution in [0.5, 0.6) is 11.5 Å². The van der Waals surface area contributed by atoms with Gasteiger partial charge >= 0.3 is 0 Å². The second-order valence-corrected chi connectivity index (χ2v) is 7.91. The van der Waals surface area contributed by atoms with Gasteiger partial charge in [0.25, 0.3) is 0 Å². The number of nitrogens with zero attached hydrogens (tertiary/aromatic N) is 3. The van der Waals surface area contributed by atoms with Crippen molar-refractivity contribution in [2.75, 3.05) is 67.1 Å². The molecule has 0 aromatic heterocycles. The molecule has 9 nitrogen and oxygen atoms in total. The molecule has 9 heteroatoms. The summed E-state index contributed by atoms with van der Waals surface area (Å²) in [6.45, 7) is 7.41. The third-order valence-electron chi connectivity index (χ3n) is 5.62. The van der Waals surface area contributed by atoms with Crippen molar-refractivity contribution in [2.24, 2.45) is 4.99 Å². The largest absolute Gasteiger partial charge is 0.496 e. The van der Waals surface area contributed by atoms with Crippen LogP contribution < -0.4 is 20.1 Å². The molecule has 31 heavy (non-hydrogen) atoms. The summed E-state index contributed by atoms with van der Waals surface area (Å²) >= 11 is 0. The number of hydrogen-bond acceptors (Lipinski definition) is 6. The molecule has 1 unspecified atom stereocenters. The fourth-order valence-electron chi connectivity index (χ4n) is 3.99. The molecule has 1 aromatic rings. The molecule has 1 aromatic carbocycles. The fourth-order valence-corrected chi connectivity index (χ4v) is 3.99. The van der Waals surface area contributed by atoms with E-state index in [9.17, 15) is 4.79 Å². The number of methoxy groups -OCH3 is 2. The Kier molecular flexibility index (Phi) is 8.36. The standard InChI is InChI=1S/C22H35N5O4/c1-16-11-17-12-19(30-4)18(13-20(17)31-16)14-25-22(23-2)27-8-6-26(7-9-27)15-21(28)24-5-10-29-3/h12-13,16H,5-11,14-15H2,1-4H3,(H,23,25)(H,24,28). The molecule has 2 N–H and O–H groups in total. The number of piperazine rings is 1. The van der Waals surface area contributed by atoms with Crippen LogP contribution in [0.25, 0.3) is 0 Å². The number of carbonyl (C=O) groups excluding carboxylic acids is 1. The minimum atomic E-state index is 0.0354. The van der Waals surface area contributed by atoms with Gasteiger partial charge in [0.1, 0.15) is 17.6 Å². The average Bonchev–Trinajstić information content (AvgIpc) is 3.13. The molecule has 2 heterocycles. The SMILES string of the molecule is CN=C(NCc1cc2c(cc1OC)CC(C)O2)N1CCN(CC(=O)NCCOC)CC1. The van der Waals surface area contributed by atoms with Gasteiger partial charge in [0.2, 0.25) is 5.91 Å². The summed E-state index contributed by atoms with van der Waals surface area (Å²) < 4.78 is 16.5. The lowest BCUT2D eigenvalue weighted by atomic mass is 10.1. The minimum absolute atomic E-state index is 0.0354. The predicted octanol–water partition coefficient (Wildman–Crippen LogP) is 0.474. The van der Waals surface area contributed by atoms with Gasteiger partial charge in [-0.1, -0.05) is 0 Å². The van der Waals surface area contributed by atoms with Gasteiger partial charge in [-0.25, -0.2) is 0 Å². The maximum Gasteiger partial charge on any atom is 0.234 e. The Morgan fingerprint density at radius 2 is 2.00 bits per heavy atom. The number of amides is 1. The van der Waals surface area contributed by atoms with Crippen molar-refractivity contribution in [2.45, 2.75) is 26.0 Å². The number of ether oxygens (including phenoxy) is 3. The van der Waals surface area contributed by atoms with Crippen molar-refractivity contribution in [1.82, 2.24) is 20.4 Å². The van der Waals surface area contributed by atoms with Crippen molar-refractivity contribution in [3.05, 3.63) is 23.3 Å². The molecule has 0 bridgehead atoms. The second kappa shape index (κ2) is 11.2. The van der Waals surface area contributed by atoms with Crippen LogP contribution in [0.2, 0.25) is 0 Å². The Bertz CT molecular complexity index is 777. The van der Waals surface area contributed by atoms with E-state index < -0.39 is 0 Å². The third kappa shape index (κ3) is 6.24. The predicted molar refractivity (Wildman–Crippen MR) is 120 cm³/mol. The first-order valence-electron chi connectivity index (χ1n) is 10.8. The molecule has 0 saturated carbocycles. The van der Waals surface area contributed by atoms with E-state index in [0.29, 0.717) is 26.2 Å². The molecule has 1 fully saturated rings. The van der Waals surface area contributed by atoms with Gasteiger partial charge in [0, 0.05) is 71.0 Å². The number of nitrogens with one attached hydrogen (secondary N) is 2. The van der Waals surface area contributed by atoms with Crippen molar-refractivity contribution in [3.8, 4) is 11.5 Å². The zero-order valence-electron chi connectivity index (χ0n) is 19.1. The Morgan fingerprint density at radius 3 is 2.68 bits per heavy atom. The van der Waals surface area contributed by atoms with Gasteiger partial charge in [0.15, 0.2) is 5.96 Å². The van der Waals surface area contributed by atoms with Crippen LogP contribution in [0.15, 0.2) is 17.1 Å². The Labute approximate surface area is 184 Å². The summed E-state index contributed by atoms with van der Waals surface area (Å²) in [4.78, 5) is 20.8. The smallest absolute Gasteiger partial charge is 0.234 e. The third-order valence-corrected chi connectivity index (χ3v) is 5.62. The van der Waals surface area contributed by atoms with E-state index in [0.717, 1.165) is 55.6 Å². The normalized spacial score (nSPS) is 19.0. The van der Waals surface area contributed by atoms with Crippen LogP contribution in [0.1, 0.15) is 18.1 Å². The molecule has 2 aliphatic rings. The molecule has 0 spiro atoms. The van der Waals surface area contributed by atoms with E-state index in [1.54, 1.807) is 21.3 Å². The van der Waals surface area contributed by atoms with E-state index in [1.807, 2.05) is 0 Å². The van der Waals surface area contributed by atoms with E-state index in [2.05, 4.69) is 44.5 Å². The molecule has 1 amide bonds. The fraction of sp³-hybridized carbons (Fsp3) is 0.636. The summed E-state index contributed by atoms with van der Waals surface area (Å²) in [5, 5.41) is 6.32. The first-order valence-corrected chi connectivity index (χ1v) is 10.8. The molecule has 3 rings (SSSR count). The number of hydrogen-bond donors (Lipinski definition) is 2. The maximum atomic E-state index is 12.0. The number of fused-ring (bicyclic) bond motifs is 1. The summed E-state index contributed by atoms with van der Waals surface area (Å²) in [7, 11) is 5.12. The topological polar surface area (TPSA) is 87.7 Å². The van der Waals surface area contributed by atoms with Gasteiger partial charge in [-0.3, -0.25) is 14.7 Å². The number of benzene rings is 1. The zero-order valence-corrected chi connectivity index (χ0v) is 19.1. The minimum Gasteiger partial charge on any atom is -0.496 e. The second-order valence-electron chi connectivity index (χ2n) is 7.91. The molecule has 2 aliphatic heterocycles. The maximum absolute atomic E-state index is 12.0. The van der Waals surface area contributed by atoms with Crippen molar-refractivity contribution < 1.29 is 19.0 Å². The summed E-state index contributed by atoms with van der Waals surface area (Å²) in [6, 6.07) is 4.15. The summed E-state index contributed by atoms with van der Waals surface area (Å²) in [5.41, 5.74) is 2.24. The summed E-state index contributed by atoms with van der Waals surface area (Å²) in [6.07, 6.45) is 1.12. The van der Waals surface area contributed by atoms with Crippen molar-refractivity contribution >= 4 is 11.9 Å². The van der Waals surface area contributed by atoms with Crippen molar-refractivity contribution in [3.63, 3.8) is 0 Å². The number of carbonyl (C=O) groups is 1. The molecule has 0 aliphatic carbocycles. The monoisotopic (exact) mass is 433 g/mol. The zero-order chi connectivity index (χ0) is 22.2. The van der Waals surface area contributed by atoms with Gasteiger partial charge < -0.3 is 29.7 Å². The number of aliphatic imine (C=N–C) groups is 1. The Morgan fingerprint density at radius 1 is 1.23 bits per heavy atom. The molecule has 0 radical (unpaired) electrons. The lowest BCUT2D eigenvalue weighted by molar-refractivity contribution is -0.122. The molecular formula is C22H35N5O4. The van der Waals surface area contributed by atoms with Crippen LogP contribution in [0, 0.1) is 0 Å². The highest BCUT2D eigenvalue weighted by molar-refractivity contribution is 5.80. The number of rotatable bonds is 8. The highest BCUT2D eigenvalue weighted by Gasteiger charge is 2.23. The van der Waals surface area contributed by atoms with E-state index in [1.165, 1.54) is 5.56 Å². The van der Waals surface area contributed by atoms with Crippen LogP contribution >= 0.6 is 0 Å². The first kappa shape index (κ1) is 23.1. The van der Waals surface area contributed by atoms with Gasteiger partial charge in [-0.15, -0.1) is 0 Å².